The molecule has 0 saturated heterocycles. The molecule has 0 aliphatic heterocycles. The number of rotatable bonds is 8. The summed E-state index contributed by atoms with van der Waals surface area (Å²) in [6.07, 6.45) is -0.0680. The van der Waals surface area contributed by atoms with Crippen LogP contribution in [0.15, 0.2) is 72.8 Å². The van der Waals surface area contributed by atoms with E-state index in [1.54, 1.807) is 14.2 Å². The topological polar surface area (TPSA) is 50.7 Å². The number of methoxy groups -OCH3 is 2. The third kappa shape index (κ3) is 5.17. The zero-order valence-electron chi connectivity index (χ0n) is 15.9. The second-order valence-corrected chi connectivity index (χ2v) is 7.73. The Bertz CT molecular complexity index is 884. The standard InChI is InChI=1S/C23H24INO3/c1-27-22-13-8-17(14-23(22)28-2)20(25-19-11-9-18(24)10-12-19)15-21(26)16-6-4-3-5-7-16/h3-14,20-21,25-26H,15H2,1-2H3. The van der Waals surface area contributed by atoms with Crippen LogP contribution >= 0.6 is 22.6 Å². The number of aliphatic hydroxyl groups is 1. The van der Waals surface area contributed by atoms with E-state index in [2.05, 4.69) is 40.0 Å². The van der Waals surface area contributed by atoms with Gasteiger partial charge in [0.15, 0.2) is 11.5 Å². The van der Waals surface area contributed by atoms with Gasteiger partial charge in [0, 0.05) is 15.7 Å². The zero-order valence-corrected chi connectivity index (χ0v) is 18.1. The Morgan fingerprint density at radius 2 is 1.54 bits per heavy atom. The Balaban J connectivity index is 1.90. The van der Waals surface area contributed by atoms with Crippen molar-refractivity contribution in [3.63, 3.8) is 0 Å². The fourth-order valence-corrected chi connectivity index (χ4v) is 3.49. The van der Waals surface area contributed by atoms with Gasteiger partial charge in [0.2, 0.25) is 0 Å². The first-order chi connectivity index (χ1) is 13.6. The average Bonchev–Trinajstić information content (AvgIpc) is 2.74. The maximum absolute atomic E-state index is 10.8. The molecule has 0 aromatic heterocycles. The quantitative estimate of drug-likeness (QED) is 0.406. The molecule has 146 valence electrons. The van der Waals surface area contributed by atoms with Crippen LogP contribution in [0.2, 0.25) is 0 Å². The predicted molar refractivity (Wildman–Crippen MR) is 121 cm³/mol. The number of nitrogens with one attached hydrogen (secondary N) is 1. The van der Waals surface area contributed by atoms with E-state index in [9.17, 15) is 5.11 Å². The first-order valence-corrected chi connectivity index (χ1v) is 10.2. The molecule has 0 saturated carbocycles. The summed E-state index contributed by atoms with van der Waals surface area (Å²) in [5, 5.41) is 14.4. The number of halogens is 1. The maximum atomic E-state index is 10.8. The molecule has 3 aromatic rings. The van der Waals surface area contributed by atoms with Crippen LogP contribution in [0, 0.1) is 3.57 Å². The van der Waals surface area contributed by atoms with Crippen LogP contribution in [0.25, 0.3) is 0 Å². The van der Waals surface area contributed by atoms with Crippen molar-refractivity contribution >= 4 is 28.3 Å². The van der Waals surface area contributed by atoms with Crippen molar-refractivity contribution in [3.8, 4) is 11.5 Å². The summed E-state index contributed by atoms with van der Waals surface area (Å²) < 4.78 is 12.0. The van der Waals surface area contributed by atoms with Crippen molar-refractivity contribution in [1.82, 2.24) is 0 Å². The number of anilines is 1. The molecule has 0 bridgehead atoms. The minimum Gasteiger partial charge on any atom is -0.493 e. The van der Waals surface area contributed by atoms with E-state index in [0.29, 0.717) is 17.9 Å². The maximum Gasteiger partial charge on any atom is 0.161 e. The van der Waals surface area contributed by atoms with Crippen LogP contribution in [0.4, 0.5) is 5.69 Å². The molecular weight excluding hydrogens is 465 g/mol. The summed E-state index contributed by atoms with van der Waals surface area (Å²) in [6, 6.07) is 23.7. The van der Waals surface area contributed by atoms with Gasteiger partial charge in [0.1, 0.15) is 0 Å². The van der Waals surface area contributed by atoms with Gasteiger partial charge in [-0.05, 0) is 70.1 Å². The van der Waals surface area contributed by atoms with Crippen LogP contribution in [0.1, 0.15) is 29.7 Å². The summed E-state index contributed by atoms with van der Waals surface area (Å²) in [5.41, 5.74) is 2.92. The zero-order chi connectivity index (χ0) is 19.9. The fraction of sp³-hybridized carbons (Fsp3) is 0.217. The highest BCUT2D eigenvalue weighted by Crippen LogP contribution is 2.35. The number of hydrogen-bond donors (Lipinski definition) is 2. The van der Waals surface area contributed by atoms with Gasteiger partial charge in [-0.15, -0.1) is 0 Å². The van der Waals surface area contributed by atoms with Crippen molar-refractivity contribution in [2.75, 3.05) is 19.5 Å². The highest BCUT2D eigenvalue weighted by atomic mass is 127. The number of hydrogen-bond acceptors (Lipinski definition) is 4. The minimum absolute atomic E-state index is 0.102. The van der Waals surface area contributed by atoms with Gasteiger partial charge in [-0.1, -0.05) is 36.4 Å². The normalized spacial score (nSPS) is 12.9. The molecule has 2 N–H and O–H groups in total. The number of ether oxygens (including phenoxy) is 2. The Labute approximate surface area is 179 Å². The molecule has 0 fully saturated rings. The molecule has 5 heteroatoms. The van der Waals surface area contributed by atoms with Crippen molar-refractivity contribution < 1.29 is 14.6 Å². The fourth-order valence-electron chi connectivity index (χ4n) is 3.13. The lowest BCUT2D eigenvalue weighted by molar-refractivity contribution is 0.160. The van der Waals surface area contributed by atoms with Gasteiger partial charge in [-0.2, -0.15) is 0 Å². The van der Waals surface area contributed by atoms with Gasteiger partial charge in [-0.3, -0.25) is 0 Å². The van der Waals surface area contributed by atoms with Crippen LogP contribution in [0.5, 0.6) is 11.5 Å². The molecule has 0 amide bonds. The monoisotopic (exact) mass is 489 g/mol. The van der Waals surface area contributed by atoms with Gasteiger partial charge >= 0.3 is 0 Å². The van der Waals surface area contributed by atoms with Crippen LogP contribution in [-0.2, 0) is 0 Å². The third-order valence-electron chi connectivity index (χ3n) is 4.64. The number of aliphatic hydroxyl groups excluding tert-OH is 1. The van der Waals surface area contributed by atoms with E-state index >= 15 is 0 Å². The lowest BCUT2D eigenvalue weighted by atomic mass is 9.96. The summed E-state index contributed by atoms with van der Waals surface area (Å²) in [6.45, 7) is 0. The Morgan fingerprint density at radius 1 is 0.857 bits per heavy atom. The van der Waals surface area contributed by atoms with E-state index in [4.69, 9.17) is 9.47 Å². The van der Waals surface area contributed by atoms with Gasteiger partial charge < -0.3 is 19.9 Å². The van der Waals surface area contributed by atoms with E-state index in [-0.39, 0.29) is 6.04 Å². The van der Waals surface area contributed by atoms with Gasteiger partial charge in [-0.25, -0.2) is 0 Å². The highest BCUT2D eigenvalue weighted by Gasteiger charge is 2.19. The van der Waals surface area contributed by atoms with E-state index < -0.39 is 6.10 Å². The van der Waals surface area contributed by atoms with E-state index in [1.165, 1.54) is 3.57 Å². The van der Waals surface area contributed by atoms with Crippen LogP contribution in [-0.4, -0.2) is 19.3 Å². The molecule has 3 rings (SSSR count). The van der Waals surface area contributed by atoms with Crippen molar-refractivity contribution in [2.45, 2.75) is 18.6 Å². The second-order valence-electron chi connectivity index (χ2n) is 6.48. The van der Waals surface area contributed by atoms with Crippen molar-refractivity contribution in [1.29, 1.82) is 0 Å². The van der Waals surface area contributed by atoms with Gasteiger partial charge in [0.25, 0.3) is 0 Å². The SMILES string of the molecule is COc1ccc(C(CC(O)c2ccccc2)Nc2ccc(I)cc2)cc1OC. The molecular formula is C23H24INO3. The minimum atomic E-state index is -0.587. The lowest BCUT2D eigenvalue weighted by Crippen LogP contribution is -2.15. The highest BCUT2D eigenvalue weighted by molar-refractivity contribution is 14.1. The first-order valence-electron chi connectivity index (χ1n) is 9.07. The van der Waals surface area contributed by atoms with Gasteiger partial charge in [0.05, 0.1) is 26.4 Å². The summed E-state index contributed by atoms with van der Waals surface area (Å²) in [4.78, 5) is 0. The predicted octanol–water partition coefficient (Wildman–Crippen LogP) is 5.59. The lowest BCUT2D eigenvalue weighted by Gasteiger charge is -2.24. The molecule has 0 spiro atoms. The Hall–Kier alpha value is -2.25. The molecule has 2 atom stereocenters. The van der Waals surface area contributed by atoms with Crippen LogP contribution < -0.4 is 14.8 Å². The van der Waals surface area contributed by atoms with Crippen LogP contribution in [0.3, 0.4) is 0 Å². The van der Waals surface area contributed by atoms with Crippen molar-refractivity contribution in [3.05, 3.63) is 87.5 Å². The molecule has 28 heavy (non-hydrogen) atoms. The summed E-state index contributed by atoms with van der Waals surface area (Å²) in [5.74, 6) is 1.35. The molecule has 4 nitrogen and oxygen atoms in total. The third-order valence-corrected chi connectivity index (χ3v) is 5.36. The van der Waals surface area contributed by atoms with Crippen molar-refractivity contribution in [2.24, 2.45) is 0 Å². The Kier molecular flexibility index (Phi) is 7.17. The summed E-state index contributed by atoms with van der Waals surface area (Å²) in [7, 11) is 3.25. The first kappa shape index (κ1) is 20.5. The summed E-state index contributed by atoms with van der Waals surface area (Å²) >= 11 is 2.29. The number of benzene rings is 3. The molecule has 0 heterocycles. The molecule has 0 aliphatic rings. The largest absolute Gasteiger partial charge is 0.493 e. The average molecular weight is 489 g/mol. The van der Waals surface area contributed by atoms with E-state index in [1.807, 2.05) is 60.7 Å². The molecule has 0 radical (unpaired) electrons. The van der Waals surface area contributed by atoms with E-state index in [0.717, 1.165) is 16.8 Å². The Morgan fingerprint density at radius 3 is 2.18 bits per heavy atom. The molecule has 0 aliphatic carbocycles. The molecule has 3 aromatic carbocycles. The smallest absolute Gasteiger partial charge is 0.161 e. The molecule has 2 unspecified atom stereocenters. The second kappa shape index (κ2) is 9.80.